The third-order valence-electron chi connectivity index (χ3n) is 6.83. The maximum Gasteiger partial charge on any atom is 0.213 e. The molecule has 0 spiro atoms. The summed E-state index contributed by atoms with van der Waals surface area (Å²) in [6.07, 6.45) is 0.422. The Labute approximate surface area is 216 Å². The number of hydrogen-bond donors (Lipinski definition) is 0. The minimum atomic E-state index is -0.347. The van der Waals surface area contributed by atoms with E-state index in [-0.39, 0.29) is 12.3 Å². The molecule has 2 heterocycles. The number of para-hydroxylation sites is 1. The van der Waals surface area contributed by atoms with Crippen molar-refractivity contribution in [2.45, 2.75) is 25.3 Å². The van der Waals surface area contributed by atoms with Gasteiger partial charge in [-0.3, -0.25) is 0 Å². The van der Waals surface area contributed by atoms with Crippen molar-refractivity contribution in [3.8, 4) is 23.0 Å². The lowest BCUT2D eigenvalue weighted by atomic mass is 9.96. The zero-order chi connectivity index (χ0) is 25.2. The van der Waals surface area contributed by atoms with Gasteiger partial charge >= 0.3 is 0 Å². The highest BCUT2D eigenvalue weighted by Crippen LogP contribution is 2.47. The number of hydrogen-bond acceptors (Lipinski definition) is 6. The molecular formula is C31H28N2O4. The predicted octanol–water partition coefficient (Wildman–Crippen LogP) is 6.53. The van der Waals surface area contributed by atoms with Crippen LogP contribution in [-0.2, 0) is 6.61 Å². The Hall–Kier alpha value is -4.45. The molecule has 4 aromatic carbocycles. The number of ether oxygens (including phenoxy) is 4. The SMILES string of the molecule is COc1ccc(C2=NN3[C@@H](c4ccc(OCc5ccccc5)cc4)Oc4ccccc4[C@@H]3C2)cc1OC. The summed E-state index contributed by atoms with van der Waals surface area (Å²) in [7, 11) is 3.29. The molecule has 2 atom stereocenters. The van der Waals surface area contributed by atoms with Crippen LogP contribution < -0.4 is 18.9 Å². The van der Waals surface area contributed by atoms with Crippen LogP contribution in [0.4, 0.5) is 0 Å². The summed E-state index contributed by atoms with van der Waals surface area (Å²) in [5.74, 6) is 3.09. The third-order valence-corrected chi connectivity index (χ3v) is 6.83. The molecule has 6 heteroatoms. The second kappa shape index (κ2) is 9.90. The summed E-state index contributed by atoms with van der Waals surface area (Å²) >= 11 is 0. The highest BCUT2D eigenvalue weighted by Gasteiger charge is 2.41. The lowest BCUT2D eigenvalue weighted by molar-refractivity contribution is -0.0190. The van der Waals surface area contributed by atoms with Crippen molar-refractivity contribution >= 4 is 5.71 Å². The van der Waals surface area contributed by atoms with Gasteiger partial charge in [0.2, 0.25) is 6.23 Å². The van der Waals surface area contributed by atoms with Crippen molar-refractivity contribution in [2.75, 3.05) is 14.2 Å². The Morgan fingerprint density at radius 1 is 0.838 bits per heavy atom. The van der Waals surface area contributed by atoms with E-state index in [0.29, 0.717) is 18.1 Å². The van der Waals surface area contributed by atoms with E-state index in [9.17, 15) is 0 Å². The molecule has 0 N–H and O–H groups in total. The molecule has 0 saturated carbocycles. The molecule has 2 aliphatic rings. The molecule has 0 aromatic heterocycles. The monoisotopic (exact) mass is 492 g/mol. The van der Waals surface area contributed by atoms with Gasteiger partial charge in [-0.2, -0.15) is 5.10 Å². The molecule has 37 heavy (non-hydrogen) atoms. The van der Waals surface area contributed by atoms with Crippen LogP contribution >= 0.6 is 0 Å². The van der Waals surface area contributed by atoms with Crippen molar-refractivity contribution in [2.24, 2.45) is 5.10 Å². The molecule has 6 nitrogen and oxygen atoms in total. The van der Waals surface area contributed by atoms with Crippen LogP contribution in [0.25, 0.3) is 0 Å². The first kappa shape index (κ1) is 23.0. The lowest BCUT2D eigenvalue weighted by Gasteiger charge is -2.38. The molecule has 0 saturated heterocycles. The van der Waals surface area contributed by atoms with Gasteiger partial charge in [0.15, 0.2) is 11.5 Å². The number of rotatable bonds is 7. The van der Waals surface area contributed by atoms with Crippen LogP contribution in [0.3, 0.4) is 0 Å². The number of nitrogens with zero attached hydrogens (tertiary/aromatic N) is 2. The average Bonchev–Trinajstić information content (AvgIpc) is 3.42. The maximum atomic E-state index is 6.50. The Bertz CT molecular complexity index is 1420. The first-order chi connectivity index (χ1) is 18.2. The van der Waals surface area contributed by atoms with E-state index >= 15 is 0 Å². The minimum Gasteiger partial charge on any atom is -0.493 e. The molecule has 0 unspecified atom stereocenters. The van der Waals surface area contributed by atoms with Gasteiger partial charge in [-0.25, -0.2) is 5.01 Å². The normalized spacial score (nSPS) is 17.8. The maximum absolute atomic E-state index is 6.50. The highest BCUT2D eigenvalue weighted by atomic mass is 16.5. The molecule has 6 rings (SSSR count). The van der Waals surface area contributed by atoms with E-state index in [4.69, 9.17) is 24.0 Å². The molecule has 0 bridgehead atoms. The Morgan fingerprint density at radius 2 is 1.59 bits per heavy atom. The summed E-state index contributed by atoms with van der Waals surface area (Å²) in [5, 5.41) is 7.14. The standard InChI is InChI=1S/C31H28N2O4/c1-34-29-17-14-23(18-30(29)35-2)26-19-27-25-10-6-7-11-28(25)37-31(33(27)32-26)22-12-15-24(16-13-22)36-20-21-8-4-3-5-9-21/h3-18,27,31H,19-20H2,1-2H3/t27-,31+/m0/s1. The predicted molar refractivity (Wildman–Crippen MR) is 142 cm³/mol. The first-order valence-corrected chi connectivity index (χ1v) is 12.3. The molecule has 4 aromatic rings. The molecule has 186 valence electrons. The van der Waals surface area contributed by atoms with Crippen molar-refractivity contribution < 1.29 is 18.9 Å². The van der Waals surface area contributed by atoms with E-state index in [1.54, 1.807) is 14.2 Å². The van der Waals surface area contributed by atoms with Gasteiger partial charge in [0, 0.05) is 23.1 Å². The first-order valence-electron chi connectivity index (χ1n) is 12.3. The van der Waals surface area contributed by atoms with Crippen LogP contribution in [0.2, 0.25) is 0 Å². The van der Waals surface area contributed by atoms with E-state index in [2.05, 4.69) is 35.3 Å². The Kier molecular flexibility index (Phi) is 6.15. The van der Waals surface area contributed by atoms with Crippen LogP contribution in [0.5, 0.6) is 23.0 Å². The quantitative estimate of drug-likeness (QED) is 0.294. The molecule has 0 radical (unpaired) electrons. The van der Waals surface area contributed by atoms with E-state index in [1.165, 1.54) is 0 Å². The Morgan fingerprint density at radius 3 is 2.38 bits per heavy atom. The summed E-state index contributed by atoms with van der Waals surface area (Å²) < 4.78 is 23.4. The zero-order valence-electron chi connectivity index (χ0n) is 20.8. The van der Waals surface area contributed by atoms with Gasteiger partial charge in [0.1, 0.15) is 18.1 Å². The molecular weight excluding hydrogens is 464 g/mol. The van der Waals surface area contributed by atoms with Gasteiger partial charge in [-0.15, -0.1) is 0 Å². The highest BCUT2D eigenvalue weighted by molar-refractivity contribution is 6.02. The van der Waals surface area contributed by atoms with E-state index in [1.807, 2.05) is 66.7 Å². The fourth-order valence-corrected chi connectivity index (χ4v) is 4.91. The van der Waals surface area contributed by atoms with Crippen LogP contribution in [-0.4, -0.2) is 24.9 Å². The van der Waals surface area contributed by atoms with E-state index < -0.39 is 0 Å². The van der Waals surface area contributed by atoms with Crippen LogP contribution in [0, 0.1) is 0 Å². The smallest absolute Gasteiger partial charge is 0.213 e. The average molecular weight is 493 g/mol. The van der Waals surface area contributed by atoms with Crippen LogP contribution in [0.15, 0.2) is 102 Å². The van der Waals surface area contributed by atoms with Gasteiger partial charge in [0.05, 0.1) is 26.0 Å². The van der Waals surface area contributed by atoms with Crippen molar-refractivity contribution in [3.05, 3.63) is 119 Å². The van der Waals surface area contributed by atoms with Crippen molar-refractivity contribution in [1.82, 2.24) is 5.01 Å². The third kappa shape index (κ3) is 4.47. The number of hydrazone groups is 1. The second-order valence-electron chi connectivity index (χ2n) is 9.07. The second-order valence-corrected chi connectivity index (χ2v) is 9.07. The number of fused-ring (bicyclic) bond motifs is 3. The molecule has 0 amide bonds. The van der Waals surface area contributed by atoms with Crippen LogP contribution in [0.1, 0.15) is 40.9 Å². The summed E-state index contributed by atoms with van der Waals surface area (Å²) in [6.45, 7) is 0.528. The largest absolute Gasteiger partial charge is 0.493 e. The fourth-order valence-electron chi connectivity index (χ4n) is 4.91. The van der Waals surface area contributed by atoms with Gasteiger partial charge in [-0.1, -0.05) is 48.5 Å². The summed E-state index contributed by atoms with van der Waals surface area (Å²) in [5.41, 5.74) is 5.28. The number of benzene rings is 4. The number of methoxy groups -OCH3 is 2. The van der Waals surface area contributed by atoms with Crippen molar-refractivity contribution in [1.29, 1.82) is 0 Å². The Balaban J connectivity index is 1.29. The van der Waals surface area contributed by atoms with Gasteiger partial charge in [0.25, 0.3) is 0 Å². The summed E-state index contributed by atoms with van der Waals surface area (Å²) in [4.78, 5) is 0. The van der Waals surface area contributed by atoms with Gasteiger partial charge in [-0.05, 0) is 54.1 Å². The van der Waals surface area contributed by atoms with E-state index in [0.717, 1.165) is 45.9 Å². The molecule has 0 aliphatic carbocycles. The topological polar surface area (TPSA) is 52.5 Å². The van der Waals surface area contributed by atoms with Gasteiger partial charge < -0.3 is 18.9 Å². The zero-order valence-corrected chi connectivity index (χ0v) is 20.8. The lowest BCUT2D eigenvalue weighted by Crippen LogP contribution is -2.33. The molecule has 0 fully saturated rings. The molecule has 2 aliphatic heterocycles. The minimum absolute atomic E-state index is 0.0760. The van der Waals surface area contributed by atoms with Crippen molar-refractivity contribution in [3.63, 3.8) is 0 Å². The summed E-state index contributed by atoms with van der Waals surface area (Å²) in [6, 6.07) is 32.5. The fraction of sp³-hybridized carbons (Fsp3) is 0.194.